The molecule has 0 radical (unpaired) electrons. The molecule has 0 aliphatic carbocycles. The van der Waals surface area contributed by atoms with Crippen molar-refractivity contribution < 1.29 is 21.5 Å². The molecule has 0 bridgehead atoms. The Kier molecular flexibility index (Phi) is 5.12. The second-order valence-corrected chi connectivity index (χ2v) is 2.97. The number of hydrogen-bond donors (Lipinski definition) is 0. The molecule has 1 nitrogen and oxygen atoms in total. The van der Waals surface area contributed by atoms with Crippen LogP contribution in [0.3, 0.4) is 0 Å². The van der Waals surface area contributed by atoms with Gasteiger partial charge in [0.25, 0.3) is 0 Å². The maximum atomic E-state index is 2.22. The summed E-state index contributed by atoms with van der Waals surface area (Å²) in [5.74, 6) is 0.729. The highest BCUT2D eigenvalue weighted by atomic mass is 79.9. The molecule has 2 heteroatoms. The lowest BCUT2D eigenvalue weighted by molar-refractivity contribution is -0.702. The molecule has 0 amide bonds. The van der Waals surface area contributed by atoms with Crippen LogP contribution in [0.4, 0.5) is 0 Å². The highest BCUT2D eigenvalue weighted by molar-refractivity contribution is 4.83. The van der Waals surface area contributed by atoms with E-state index >= 15 is 0 Å². The zero-order valence-corrected chi connectivity index (χ0v) is 8.58. The standard InChI is InChI=1S/C9H14N.BrH/c1-9(2)8-10-6-4-3-5-7-10;/h3-7,9H,8H2,1-2H3;1H/q+1;/p-1. The number of aromatic nitrogens is 1. The molecule has 11 heavy (non-hydrogen) atoms. The average molecular weight is 216 g/mol. The van der Waals surface area contributed by atoms with Crippen molar-refractivity contribution in [3.63, 3.8) is 0 Å². The van der Waals surface area contributed by atoms with E-state index in [4.69, 9.17) is 0 Å². The van der Waals surface area contributed by atoms with Gasteiger partial charge in [-0.3, -0.25) is 0 Å². The summed E-state index contributed by atoms with van der Waals surface area (Å²) in [6, 6.07) is 6.15. The lowest BCUT2D eigenvalue weighted by Gasteiger charge is -1.97. The fourth-order valence-corrected chi connectivity index (χ4v) is 0.978. The number of pyridine rings is 1. The highest BCUT2D eigenvalue weighted by Gasteiger charge is 2.00. The van der Waals surface area contributed by atoms with E-state index in [1.54, 1.807) is 0 Å². The maximum absolute atomic E-state index is 2.22. The van der Waals surface area contributed by atoms with E-state index in [9.17, 15) is 0 Å². The van der Waals surface area contributed by atoms with Gasteiger partial charge >= 0.3 is 0 Å². The summed E-state index contributed by atoms with van der Waals surface area (Å²) in [5, 5.41) is 0. The average Bonchev–Trinajstić information content (AvgIpc) is 1.88. The molecule has 0 aliphatic rings. The lowest BCUT2D eigenvalue weighted by Crippen LogP contribution is -3.00. The third kappa shape index (κ3) is 4.14. The predicted molar refractivity (Wildman–Crippen MR) is 41.5 cm³/mol. The molecule has 0 fully saturated rings. The predicted octanol–water partition coefficient (Wildman–Crippen LogP) is -1.37. The second kappa shape index (κ2) is 5.30. The Morgan fingerprint density at radius 3 is 2.09 bits per heavy atom. The molecule has 1 heterocycles. The minimum Gasteiger partial charge on any atom is -1.00 e. The second-order valence-electron chi connectivity index (χ2n) is 2.97. The molecule has 0 aromatic carbocycles. The van der Waals surface area contributed by atoms with Gasteiger partial charge in [-0.15, -0.1) is 0 Å². The third-order valence-electron chi connectivity index (χ3n) is 1.35. The van der Waals surface area contributed by atoms with Gasteiger partial charge in [-0.1, -0.05) is 19.9 Å². The first-order valence-electron chi connectivity index (χ1n) is 3.73. The van der Waals surface area contributed by atoms with Crippen molar-refractivity contribution in [2.45, 2.75) is 20.4 Å². The third-order valence-corrected chi connectivity index (χ3v) is 1.35. The number of nitrogens with zero attached hydrogens (tertiary/aromatic N) is 1. The van der Waals surface area contributed by atoms with E-state index in [2.05, 4.69) is 42.9 Å². The molecule has 1 aromatic rings. The van der Waals surface area contributed by atoms with E-state index < -0.39 is 0 Å². The summed E-state index contributed by atoms with van der Waals surface area (Å²) < 4.78 is 2.20. The monoisotopic (exact) mass is 215 g/mol. The minimum absolute atomic E-state index is 0. The smallest absolute Gasteiger partial charge is 0.168 e. The minimum atomic E-state index is 0. The first-order valence-corrected chi connectivity index (χ1v) is 3.73. The van der Waals surface area contributed by atoms with Gasteiger partial charge in [0.05, 0.1) is 0 Å². The fourth-order valence-electron chi connectivity index (χ4n) is 0.978. The van der Waals surface area contributed by atoms with E-state index in [1.807, 2.05) is 6.07 Å². The Labute approximate surface area is 78.8 Å². The van der Waals surface area contributed by atoms with E-state index in [0.29, 0.717) is 0 Å². The molecular formula is C9H14BrN. The van der Waals surface area contributed by atoms with Crippen molar-refractivity contribution in [2.75, 3.05) is 0 Å². The van der Waals surface area contributed by atoms with Crippen LogP contribution in [0.1, 0.15) is 13.8 Å². The Bertz CT molecular complexity index is 184. The molecule has 0 spiro atoms. The molecule has 0 saturated carbocycles. The van der Waals surface area contributed by atoms with Crippen molar-refractivity contribution in [3.8, 4) is 0 Å². The Balaban J connectivity index is 0.000001000. The largest absolute Gasteiger partial charge is 1.00 e. The summed E-state index contributed by atoms with van der Waals surface area (Å²) in [6.07, 6.45) is 4.19. The van der Waals surface area contributed by atoms with E-state index in [1.165, 1.54) is 0 Å². The van der Waals surface area contributed by atoms with Crippen molar-refractivity contribution in [3.05, 3.63) is 30.6 Å². The zero-order valence-electron chi connectivity index (χ0n) is 7.00. The number of rotatable bonds is 2. The summed E-state index contributed by atoms with van der Waals surface area (Å²) in [4.78, 5) is 0. The van der Waals surface area contributed by atoms with E-state index in [-0.39, 0.29) is 17.0 Å². The van der Waals surface area contributed by atoms with Gasteiger partial charge in [0, 0.05) is 18.1 Å². The normalized spacial score (nSPS) is 9.36. The summed E-state index contributed by atoms with van der Waals surface area (Å²) in [7, 11) is 0. The zero-order chi connectivity index (χ0) is 7.40. The lowest BCUT2D eigenvalue weighted by atomic mass is 10.2. The van der Waals surface area contributed by atoms with Crippen LogP contribution in [0.15, 0.2) is 30.6 Å². The van der Waals surface area contributed by atoms with Crippen molar-refractivity contribution in [1.29, 1.82) is 0 Å². The molecule has 0 atom stereocenters. The van der Waals surface area contributed by atoms with Crippen LogP contribution in [0.2, 0.25) is 0 Å². The first kappa shape index (κ1) is 10.6. The van der Waals surface area contributed by atoms with Crippen LogP contribution in [-0.4, -0.2) is 0 Å². The SMILES string of the molecule is CC(C)C[n+]1ccccc1.[Br-]. The van der Waals surface area contributed by atoms with Crippen molar-refractivity contribution in [2.24, 2.45) is 5.92 Å². The molecule has 0 unspecified atom stereocenters. The fraction of sp³-hybridized carbons (Fsp3) is 0.444. The van der Waals surface area contributed by atoms with Crippen LogP contribution >= 0.6 is 0 Å². The van der Waals surface area contributed by atoms with Gasteiger partial charge in [-0.2, -0.15) is 0 Å². The van der Waals surface area contributed by atoms with Crippen LogP contribution in [0, 0.1) is 5.92 Å². The molecule has 0 saturated heterocycles. The Hall–Kier alpha value is -0.370. The summed E-state index contributed by atoms with van der Waals surface area (Å²) in [6.45, 7) is 5.56. The van der Waals surface area contributed by atoms with Crippen LogP contribution in [0.25, 0.3) is 0 Å². The van der Waals surface area contributed by atoms with E-state index in [0.717, 1.165) is 12.5 Å². The number of hydrogen-bond acceptors (Lipinski definition) is 0. The van der Waals surface area contributed by atoms with Crippen molar-refractivity contribution in [1.82, 2.24) is 0 Å². The molecule has 1 aromatic heterocycles. The molecular weight excluding hydrogens is 202 g/mol. The van der Waals surface area contributed by atoms with Crippen LogP contribution < -0.4 is 21.5 Å². The Morgan fingerprint density at radius 1 is 1.09 bits per heavy atom. The summed E-state index contributed by atoms with van der Waals surface area (Å²) in [5.41, 5.74) is 0. The van der Waals surface area contributed by atoms with Gasteiger partial charge in [-0.25, -0.2) is 4.57 Å². The highest BCUT2D eigenvalue weighted by Crippen LogP contribution is 1.89. The van der Waals surface area contributed by atoms with Crippen LogP contribution in [0.5, 0.6) is 0 Å². The quantitative estimate of drug-likeness (QED) is 0.537. The van der Waals surface area contributed by atoms with Gasteiger partial charge < -0.3 is 17.0 Å². The topological polar surface area (TPSA) is 3.88 Å². The van der Waals surface area contributed by atoms with Gasteiger partial charge in [-0.05, 0) is 0 Å². The van der Waals surface area contributed by atoms with Gasteiger partial charge in [0.1, 0.15) is 0 Å². The maximum Gasteiger partial charge on any atom is 0.168 e. The molecule has 0 aliphatic heterocycles. The molecule has 62 valence electrons. The van der Waals surface area contributed by atoms with Gasteiger partial charge in [0.2, 0.25) is 0 Å². The molecule has 1 rings (SSSR count). The summed E-state index contributed by atoms with van der Waals surface area (Å²) >= 11 is 0. The van der Waals surface area contributed by atoms with Crippen LogP contribution in [-0.2, 0) is 6.54 Å². The van der Waals surface area contributed by atoms with Crippen molar-refractivity contribution >= 4 is 0 Å². The number of halogens is 1. The van der Waals surface area contributed by atoms with Gasteiger partial charge in [0.15, 0.2) is 18.9 Å². The molecule has 0 N–H and O–H groups in total. The first-order chi connectivity index (χ1) is 4.79. The Morgan fingerprint density at radius 2 is 1.64 bits per heavy atom.